The third kappa shape index (κ3) is 7.16. The minimum atomic E-state index is -0.189. The molecule has 1 aliphatic heterocycles. The van der Waals surface area contributed by atoms with E-state index in [0.717, 1.165) is 18.7 Å². The molecule has 0 unspecified atom stereocenters. The van der Waals surface area contributed by atoms with Crippen LogP contribution in [0.3, 0.4) is 0 Å². The van der Waals surface area contributed by atoms with Crippen LogP contribution in [0.4, 0.5) is 10.1 Å². The number of benzene rings is 1. The van der Waals surface area contributed by atoms with Crippen molar-refractivity contribution in [3.05, 3.63) is 29.6 Å². The lowest BCUT2D eigenvalue weighted by molar-refractivity contribution is 0.0468. The van der Waals surface area contributed by atoms with Gasteiger partial charge in [0, 0.05) is 33.2 Å². The molecule has 0 bridgehead atoms. The molecule has 2 fully saturated rings. The lowest BCUT2D eigenvalue weighted by atomic mass is 10.1. The average molecular weight is 407 g/mol. The zero-order valence-corrected chi connectivity index (χ0v) is 17.6. The van der Waals surface area contributed by atoms with Crippen molar-refractivity contribution in [1.82, 2.24) is 10.6 Å². The highest BCUT2D eigenvalue weighted by molar-refractivity contribution is 5.79. The molecule has 2 N–H and O–H groups in total. The van der Waals surface area contributed by atoms with Crippen LogP contribution in [0.25, 0.3) is 0 Å². The van der Waals surface area contributed by atoms with Crippen LogP contribution in [0.15, 0.2) is 23.2 Å². The van der Waals surface area contributed by atoms with E-state index in [9.17, 15) is 4.39 Å². The van der Waals surface area contributed by atoms with Gasteiger partial charge in [-0.2, -0.15) is 0 Å². The van der Waals surface area contributed by atoms with Crippen LogP contribution in [0.5, 0.6) is 0 Å². The molecule has 1 aliphatic carbocycles. The topological polar surface area (TPSA) is 58.1 Å². The summed E-state index contributed by atoms with van der Waals surface area (Å²) < 4.78 is 25.9. The molecule has 1 heterocycles. The number of morpholine rings is 1. The maximum Gasteiger partial charge on any atom is 0.191 e. The van der Waals surface area contributed by atoms with E-state index in [1.807, 2.05) is 17.0 Å². The predicted octanol–water partition coefficient (Wildman–Crippen LogP) is 3.07. The Labute approximate surface area is 173 Å². The molecular formula is C22H35FN4O2. The lowest BCUT2D eigenvalue weighted by Crippen LogP contribution is -2.39. The molecule has 1 saturated carbocycles. The molecule has 0 radical (unpaired) electrons. The van der Waals surface area contributed by atoms with Gasteiger partial charge in [0.15, 0.2) is 5.96 Å². The normalized spacial score (nSPS) is 19.1. The Kier molecular flexibility index (Phi) is 9.02. The fourth-order valence-corrected chi connectivity index (χ4v) is 3.93. The molecule has 0 atom stereocenters. The highest BCUT2D eigenvalue weighted by atomic mass is 19.1. The van der Waals surface area contributed by atoms with Crippen LogP contribution in [0.2, 0.25) is 0 Å². The predicted molar refractivity (Wildman–Crippen MR) is 115 cm³/mol. The van der Waals surface area contributed by atoms with Gasteiger partial charge in [-0.25, -0.2) is 4.39 Å². The van der Waals surface area contributed by atoms with E-state index in [2.05, 4.69) is 15.6 Å². The van der Waals surface area contributed by atoms with E-state index < -0.39 is 0 Å². The molecule has 3 rings (SSSR count). The number of rotatable bonds is 7. The Bertz CT molecular complexity index is 642. The summed E-state index contributed by atoms with van der Waals surface area (Å²) in [5, 5.41) is 6.51. The Balaban J connectivity index is 1.39. The molecule has 1 aromatic carbocycles. The first-order valence-corrected chi connectivity index (χ1v) is 10.9. The van der Waals surface area contributed by atoms with E-state index in [4.69, 9.17) is 9.47 Å². The molecule has 162 valence electrons. The quantitative estimate of drug-likeness (QED) is 0.315. The fourth-order valence-electron chi connectivity index (χ4n) is 3.93. The smallest absolute Gasteiger partial charge is 0.191 e. The van der Waals surface area contributed by atoms with Gasteiger partial charge in [-0.15, -0.1) is 0 Å². The summed E-state index contributed by atoms with van der Waals surface area (Å²) in [4.78, 5) is 6.27. The standard InChI is InChI=1S/C22H35FN4O2/c1-24-22(25-10-13-29-19-6-4-2-3-5-7-19)26-17-18-8-9-21(20(23)16-18)27-11-14-28-15-12-27/h8-9,16,19H,2-7,10-15,17H2,1H3,(H2,24,25,26). The van der Waals surface area contributed by atoms with Crippen molar-refractivity contribution in [2.45, 2.75) is 51.2 Å². The summed E-state index contributed by atoms with van der Waals surface area (Å²) in [5.41, 5.74) is 1.53. The van der Waals surface area contributed by atoms with E-state index in [-0.39, 0.29) is 5.82 Å². The number of nitrogens with zero attached hydrogens (tertiary/aromatic N) is 2. The highest BCUT2D eigenvalue weighted by Crippen LogP contribution is 2.22. The Morgan fingerprint density at radius 2 is 1.93 bits per heavy atom. The van der Waals surface area contributed by atoms with Gasteiger partial charge < -0.3 is 25.0 Å². The first-order valence-electron chi connectivity index (χ1n) is 10.9. The summed E-state index contributed by atoms with van der Waals surface area (Å²) >= 11 is 0. The van der Waals surface area contributed by atoms with Crippen LogP contribution in [0.1, 0.15) is 44.1 Å². The average Bonchev–Trinajstić information content (AvgIpc) is 3.03. The van der Waals surface area contributed by atoms with Crippen LogP contribution >= 0.6 is 0 Å². The first kappa shape index (κ1) is 21.8. The van der Waals surface area contributed by atoms with Crippen LogP contribution in [-0.4, -0.2) is 58.6 Å². The molecular weight excluding hydrogens is 371 g/mol. The van der Waals surface area contributed by atoms with E-state index in [1.165, 1.54) is 38.5 Å². The van der Waals surface area contributed by atoms with Crippen molar-refractivity contribution in [1.29, 1.82) is 0 Å². The van der Waals surface area contributed by atoms with E-state index >= 15 is 0 Å². The van der Waals surface area contributed by atoms with Crippen LogP contribution in [-0.2, 0) is 16.0 Å². The zero-order chi connectivity index (χ0) is 20.3. The molecule has 0 spiro atoms. The third-order valence-electron chi connectivity index (χ3n) is 5.60. The summed E-state index contributed by atoms with van der Waals surface area (Å²) in [6.07, 6.45) is 8.00. The van der Waals surface area contributed by atoms with Gasteiger partial charge in [-0.05, 0) is 30.5 Å². The monoisotopic (exact) mass is 406 g/mol. The number of hydrogen-bond donors (Lipinski definition) is 2. The first-order chi connectivity index (χ1) is 14.3. The summed E-state index contributed by atoms with van der Waals surface area (Å²) in [7, 11) is 1.74. The molecule has 1 aromatic rings. The van der Waals surface area contributed by atoms with E-state index in [1.54, 1.807) is 13.1 Å². The van der Waals surface area contributed by atoms with Gasteiger partial charge in [-0.1, -0.05) is 31.7 Å². The van der Waals surface area contributed by atoms with Gasteiger partial charge in [0.25, 0.3) is 0 Å². The number of hydrogen-bond acceptors (Lipinski definition) is 4. The van der Waals surface area contributed by atoms with Crippen molar-refractivity contribution < 1.29 is 13.9 Å². The van der Waals surface area contributed by atoms with Gasteiger partial charge in [0.05, 0.1) is 31.6 Å². The van der Waals surface area contributed by atoms with Crippen molar-refractivity contribution in [3.8, 4) is 0 Å². The minimum Gasteiger partial charge on any atom is -0.378 e. The number of anilines is 1. The van der Waals surface area contributed by atoms with Gasteiger partial charge >= 0.3 is 0 Å². The fraction of sp³-hybridized carbons (Fsp3) is 0.682. The largest absolute Gasteiger partial charge is 0.378 e. The summed E-state index contributed by atoms with van der Waals surface area (Å²) in [6.45, 7) is 4.66. The van der Waals surface area contributed by atoms with Crippen LogP contribution in [0, 0.1) is 5.82 Å². The number of halogens is 1. The van der Waals surface area contributed by atoms with Gasteiger partial charge in [0.1, 0.15) is 5.82 Å². The SMILES string of the molecule is CN=C(NCCOC1CCCCCC1)NCc1ccc(N2CCOCC2)c(F)c1. The number of aliphatic imine (C=N–C) groups is 1. The van der Waals surface area contributed by atoms with Crippen molar-refractivity contribution >= 4 is 11.6 Å². The second-order valence-corrected chi connectivity index (χ2v) is 7.72. The maximum atomic E-state index is 14.5. The molecule has 7 heteroatoms. The van der Waals surface area contributed by atoms with Crippen molar-refractivity contribution in [3.63, 3.8) is 0 Å². The molecule has 6 nitrogen and oxygen atoms in total. The molecule has 1 saturated heterocycles. The Hall–Kier alpha value is -1.86. The Morgan fingerprint density at radius 3 is 2.62 bits per heavy atom. The third-order valence-corrected chi connectivity index (χ3v) is 5.60. The molecule has 2 aliphatic rings. The summed E-state index contributed by atoms with van der Waals surface area (Å²) in [6, 6.07) is 5.41. The van der Waals surface area contributed by atoms with Gasteiger partial charge in [0.2, 0.25) is 0 Å². The highest BCUT2D eigenvalue weighted by Gasteiger charge is 2.15. The summed E-state index contributed by atoms with van der Waals surface area (Å²) in [5.74, 6) is 0.512. The molecule has 0 amide bonds. The maximum absolute atomic E-state index is 14.5. The number of ether oxygens (including phenoxy) is 2. The second kappa shape index (κ2) is 12.0. The van der Waals surface area contributed by atoms with E-state index in [0.29, 0.717) is 50.7 Å². The number of nitrogens with one attached hydrogen (secondary N) is 2. The number of guanidine groups is 1. The van der Waals surface area contributed by atoms with Gasteiger partial charge in [-0.3, -0.25) is 4.99 Å². The molecule has 29 heavy (non-hydrogen) atoms. The Morgan fingerprint density at radius 1 is 1.17 bits per heavy atom. The van der Waals surface area contributed by atoms with Crippen LogP contribution < -0.4 is 15.5 Å². The lowest BCUT2D eigenvalue weighted by Gasteiger charge is -2.29. The zero-order valence-electron chi connectivity index (χ0n) is 17.6. The van der Waals surface area contributed by atoms with Crippen molar-refractivity contribution in [2.75, 3.05) is 51.4 Å². The minimum absolute atomic E-state index is 0.189. The second-order valence-electron chi connectivity index (χ2n) is 7.72. The van der Waals surface area contributed by atoms with Crippen molar-refractivity contribution in [2.24, 2.45) is 4.99 Å². The molecule has 0 aromatic heterocycles.